The molecule has 1 aliphatic heterocycles. The highest BCUT2D eigenvalue weighted by Gasteiger charge is 2.25. The second kappa shape index (κ2) is 4.90. The van der Waals surface area contributed by atoms with E-state index >= 15 is 0 Å². The van der Waals surface area contributed by atoms with Gasteiger partial charge < -0.3 is 9.84 Å². The van der Waals surface area contributed by atoms with Gasteiger partial charge in [0.2, 0.25) is 5.01 Å². The van der Waals surface area contributed by atoms with E-state index in [4.69, 9.17) is 9.84 Å². The second-order valence-corrected chi connectivity index (χ2v) is 4.57. The van der Waals surface area contributed by atoms with Crippen LogP contribution in [-0.4, -0.2) is 46.8 Å². The van der Waals surface area contributed by atoms with Crippen LogP contribution in [0.1, 0.15) is 22.4 Å². The monoisotopic (exact) mass is 242 g/mol. The van der Waals surface area contributed by atoms with Crippen LogP contribution in [0.3, 0.4) is 0 Å². The van der Waals surface area contributed by atoms with Crippen LogP contribution in [0.2, 0.25) is 0 Å². The summed E-state index contributed by atoms with van der Waals surface area (Å²) in [7, 11) is 0. The van der Waals surface area contributed by atoms with Crippen molar-refractivity contribution in [2.45, 2.75) is 19.6 Å². The highest BCUT2D eigenvalue weighted by atomic mass is 32.1. The van der Waals surface area contributed by atoms with Crippen molar-refractivity contribution in [3.8, 4) is 0 Å². The van der Waals surface area contributed by atoms with Crippen LogP contribution >= 0.6 is 11.3 Å². The summed E-state index contributed by atoms with van der Waals surface area (Å²) in [5.41, 5.74) is 0.861. The molecule has 1 saturated heterocycles. The summed E-state index contributed by atoms with van der Waals surface area (Å²) < 4.78 is 4.86. The van der Waals surface area contributed by atoms with Crippen molar-refractivity contribution in [3.05, 3.63) is 16.1 Å². The average Bonchev–Trinajstić information content (AvgIpc) is 2.64. The number of β-amino-alcohol motifs (C(OH)–C–C–N with tert-alkyl or cyclic N) is 1. The fourth-order valence-electron chi connectivity index (χ4n) is 1.57. The molecule has 1 aromatic rings. The molecule has 0 aromatic carbocycles. The maximum atomic E-state index is 11.4. The number of aliphatic hydroxyl groups is 1. The molecule has 2 rings (SSSR count). The Bertz CT molecular complexity index is 374. The van der Waals surface area contributed by atoms with Crippen LogP contribution in [0, 0.1) is 0 Å². The molecule has 0 atom stereocenters. The van der Waals surface area contributed by atoms with Crippen molar-refractivity contribution in [2.24, 2.45) is 0 Å². The second-order valence-electron chi connectivity index (χ2n) is 3.71. The first-order valence-electron chi connectivity index (χ1n) is 5.21. The molecule has 88 valence electrons. The lowest BCUT2D eigenvalue weighted by molar-refractivity contribution is -0.00350. The van der Waals surface area contributed by atoms with Crippen LogP contribution in [0.25, 0.3) is 0 Å². The SMILES string of the molecule is CCOC(=O)c1nc(CN2CC(O)C2)cs1. The molecule has 0 aliphatic carbocycles. The molecule has 0 bridgehead atoms. The normalized spacial score (nSPS) is 17.1. The average molecular weight is 242 g/mol. The molecule has 1 N–H and O–H groups in total. The van der Waals surface area contributed by atoms with Gasteiger partial charge in [-0.2, -0.15) is 0 Å². The molecule has 5 nitrogen and oxygen atoms in total. The van der Waals surface area contributed by atoms with Crippen LogP contribution in [0.4, 0.5) is 0 Å². The minimum Gasteiger partial charge on any atom is -0.461 e. The van der Waals surface area contributed by atoms with Crippen molar-refractivity contribution >= 4 is 17.3 Å². The van der Waals surface area contributed by atoms with Gasteiger partial charge in [-0.05, 0) is 6.92 Å². The van der Waals surface area contributed by atoms with Crippen LogP contribution < -0.4 is 0 Å². The van der Waals surface area contributed by atoms with Gasteiger partial charge in [0.1, 0.15) is 0 Å². The van der Waals surface area contributed by atoms with Crippen molar-refractivity contribution in [1.29, 1.82) is 0 Å². The highest BCUT2D eigenvalue weighted by Crippen LogP contribution is 2.16. The topological polar surface area (TPSA) is 62.7 Å². The van der Waals surface area contributed by atoms with E-state index in [1.807, 2.05) is 5.38 Å². The molecule has 2 heterocycles. The zero-order valence-corrected chi connectivity index (χ0v) is 9.87. The third-order valence-corrected chi connectivity index (χ3v) is 3.20. The summed E-state index contributed by atoms with van der Waals surface area (Å²) in [6.07, 6.45) is -0.205. The zero-order valence-electron chi connectivity index (χ0n) is 9.05. The summed E-state index contributed by atoms with van der Waals surface area (Å²) in [5, 5.41) is 11.4. The Hall–Kier alpha value is -0.980. The number of thiazole rings is 1. The Kier molecular flexibility index (Phi) is 3.52. The van der Waals surface area contributed by atoms with Gasteiger partial charge in [-0.1, -0.05) is 0 Å². The van der Waals surface area contributed by atoms with E-state index in [0.717, 1.165) is 5.69 Å². The number of esters is 1. The Morgan fingerprint density at radius 1 is 1.75 bits per heavy atom. The fraction of sp³-hybridized carbons (Fsp3) is 0.600. The zero-order chi connectivity index (χ0) is 11.5. The number of likely N-dealkylation sites (tertiary alicyclic amines) is 1. The van der Waals surface area contributed by atoms with E-state index in [-0.39, 0.29) is 12.1 Å². The van der Waals surface area contributed by atoms with E-state index in [1.54, 1.807) is 6.92 Å². The van der Waals surface area contributed by atoms with E-state index in [2.05, 4.69) is 9.88 Å². The third-order valence-electron chi connectivity index (χ3n) is 2.33. The number of carbonyl (C=O) groups excluding carboxylic acids is 1. The summed E-state index contributed by atoms with van der Waals surface area (Å²) >= 11 is 1.30. The third kappa shape index (κ3) is 2.58. The molecule has 1 fully saturated rings. The minimum absolute atomic E-state index is 0.205. The molecular formula is C10H14N2O3S. The van der Waals surface area contributed by atoms with Gasteiger partial charge in [0, 0.05) is 25.0 Å². The molecule has 6 heteroatoms. The highest BCUT2D eigenvalue weighted by molar-refractivity contribution is 7.11. The first-order valence-corrected chi connectivity index (χ1v) is 6.09. The molecule has 16 heavy (non-hydrogen) atoms. The van der Waals surface area contributed by atoms with E-state index in [1.165, 1.54) is 11.3 Å². The van der Waals surface area contributed by atoms with Gasteiger partial charge in [0.05, 0.1) is 18.4 Å². The number of rotatable bonds is 4. The summed E-state index contributed by atoms with van der Waals surface area (Å²) in [4.78, 5) is 17.6. The lowest BCUT2D eigenvalue weighted by Gasteiger charge is -2.35. The molecular weight excluding hydrogens is 228 g/mol. The Balaban J connectivity index is 1.89. The lowest BCUT2D eigenvalue weighted by atomic mass is 10.2. The quantitative estimate of drug-likeness (QED) is 0.779. The Labute approximate surface area is 97.7 Å². The predicted octanol–water partition coefficient (Wildman–Crippen LogP) is 0.496. The molecule has 1 aromatic heterocycles. The van der Waals surface area contributed by atoms with Crippen LogP contribution in [0.5, 0.6) is 0 Å². The number of hydrogen-bond acceptors (Lipinski definition) is 6. The van der Waals surface area contributed by atoms with Crippen molar-refractivity contribution in [1.82, 2.24) is 9.88 Å². The van der Waals surface area contributed by atoms with Gasteiger partial charge in [-0.15, -0.1) is 11.3 Å². The number of aliphatic hydroxyl groups excluding tert-OH is 1. The number of ether oxygens (including phenoxy) is 1. The van der Waals surface area contributed by atoms with E-state index in [9.17, 15) is 4.79 Å². The number of aromatic nitrogens is 1. The number of hydrogen-bond donors (Lipinski definition) is 1. The number of carbonyl (C=O) groups is 1. The predicted molar refractivity (Wildman–Crippen MR) is 59.4 cm³/mol. The van der Waals surface area contributed by atoms with Gasteiger partial charge in [0.25, 0.3) is 0 Å². The van der Waals surface area contributed by atoms with Gasteiger partial charge in [-0.25, -0.2) is 9.78 Å². The van der Waals surface area contributed by atoms with Crippen molar-refractivity contribution < 1.29 is 14.6 Å². The van der Waals surface area contributed by atoms with Gasteiger partial charge in [-0.3, -0.25) is 4.90 Å². The lowest BCUT2D eigenvalue weighted by Crippen LogP contribution is -2.49. The van der Waals surface area contributed by atoms with Crippen molar-refractivity contribution in [3.63, 3.8) is 0 Å². The molecule has 0 radical (unpaired) electrons. The first-order chi connectivity index (χ1) is 7.69. The van der Waals surface area contributed by atoms with Crippen LogP contribution in [0.15, 0.2) is 5.38 Å². The van der Waals surface area contributed by atoms with Crippen LogP contribution in [-0.2, 0) is 11.3 Å². The van der Waals surface area contributed by atoms with Gasteiger partial charge in [0.15, 0.2) is 0 Å². The fourth-order valence-corrected chi connectivity index (χ4v) is 2.27. The van der Waals surface area contributed by atoms with E-state index < -0.39 is 0 Å². The molecule has 1 aliphatic rings. The molecule has 0 saturated carbocycles. The summed E-state index contributed by atoms with van der Waals surface area (Å²) in [6, 6.07) is 0. The number of nitrogens with zero attached hydrogens (tertiary/aromatic N) is 2. The van der Waals surface area contributed by atoms with Gasteiger partial charge >= 0.3 is 5.97 Å². The maximum Gasteiger partial charge on any atom is 0.367 e. The molecule has 0 spiro atoms. The summed E-state index contributed by atoms with van der Waals surface area (Å²) in [6.45, 7) is 4.20. The maximum absolute atomic E-state index is 11.4. The minimum atomic E-state index is -0.359. The standard InChI is InChI=1S/C10H14N2O3S/c1-2-15-10(14)9-11-7(6-16-9)3-12-4-8(13)5-12/h6,8,13H,2-5H2,1H3. The Morgan fingerprint density at radius 3 is 3.12 bits per heavy atom. The molecule has 0 amide bonds. The largest absolute Gasteiger partial charge is 0.461 e. The first kappa shape index (κ1) is 11.5. The summed E-state index contributed by atoms with van der Waals surface area (Å²) in [5.74, 6) is -0.359. The van der Waals surface area contributed by atoms with Crippen molar-refractivity contribution in [2.75, 3.05) is 19.7 Å². The smallest absolute Gasteiger partial charge is 0.367 e. The van der Waals surface area contributed by atoms with E-state index in [0.29, 0.717) is 31.2 Å². The Morgan fingerprint density at radius 2 is 2.50 bits per heavy atom. The molecule has 0 unspecified atom stereocenters.